The van der Waals surface area contributed by atoms with Gasteiger partial charge < -0.3 is 14.8 Å². The average molecular weight is 391 g/mol. The third-order valence-corrected chi connectivity index (χ3v) is 4.31. The Labute approximate surface area is 157 Å². The SMILES string of the molecule is Cc1cc(O)c2c(C)c(CC(=O)Nc3cccc(C(F)(F)F)c3)c(=O)oc2c1. The first-order chi connectivity index (χ1) is 13.1. The molecule has 1 heterocycles. The molecule has 5 nitrogen and oxygen atoms in total. The number of benzene rings is 2. The van der Waals surface area contributed by atoms with Gasteiger partial charge in [0.1, 0.15) is 11.3 Å². The highest BCUT2D eigenvalue weighted by Gasteiger charge is 2.30. The van der Waals surface area contributed by atoms with E-state index in [0.29, 0.717) is 16.5 Å². The number of carbonyl (C=O) groups is 1. The third-order valence-electron chi connectivity index (χ3n) is 4.31. The number of phenolic OH excluding ortho intramolecular Hbond substituents is 1. The Kier molecular flexibility index (Phi) is 4.89. The molecule has 0 saturated heterocycles. The Morgan fingerprint density at radius 1 is 1.18 bits per heavy atom. The van der Waals surface area contributed by atoms with Crippen molar-refractivity contribution in [3.8, 4) is 5.75 Å². The zero-order valence-electron chi connectivity index (χ0n) is 15.0. The number of aryl methyl sites for hydroxylation is 2. The monoisotopic (exact) mass is 391 g/mol. The summed E-state index contributed by atoms with van der Waals surface area (Å²) in [6.45, 7) is 3.30. The first kappa shape index (κ1) is 19.5. The van der Waals surface area contributed by atoms with Crippen LogP contribution in [-0.2, 0) is 17.4 Å². The van der Waals surface area contributed by atoms with Crippen LogP contribution in [0.2, 0.25) is 0 Å². The maximum absolute atomic E-state index is 12.8. The average Bonchev–Trinajstić information content (AvgIpc) is 2.57. The summed E-state index contributed by atoms with van der Waals surface area (Å²) in [5, 5.41) is 12.8. The molecular weight excluding hydrogens is 375 g/mol. The van der Waals surface area contributed by atoms with Gasteiger partial charge in [0.15, 0.2) is 0 Å². The normalized spacial score (nSPS) is 11.6. The van der Waals surface area contributed by atoms with E-state index in [1.54, 1.807) is 19.9 Å². The molecule has 0 bridgehead atoms. The van der Waals surface area contributed by atoms with Gasteiger partial charge in [0.25, 0.3) is 0 Å². The number of amides is 1. The molecule has 0 aliphatic heterocycles. The first-order valence-electron chi connectivity index (χ1n) is 8.29. The molecule has 0 fully saturated rings. The van der Waals surface area contributed by atoms with Crippen molar-refractivity contribution in [2.24, 2.45) is 0 Å². The number of hydrogen-bond acceptors (Lipinski definition) is 4. The molecule has 0 atom stereocenters. The van der Waals surface area contributed by atoms with Crippen LogP contribution in [0.5, 0.6) is 5.75 Å². The Balaban J connectivity index is 1.91. The van der Waals surface area contributed by atoms with Gasteiger partial charge in [0, 0.05) is 5.69 Å². The maximum Gasteiger partial charge on any atom is 0.416 e. The van der Waals surface area contributed by atoms with Gasteiger partial charge in [0.05, 0.1) is 22.9 Å². The minimum absolute atomic E-state index is 0.0242. The molecule has 0 aliphatic rings. The lowest BCUT2D eigenvalue weighted by molar-refractivity contribution is -0.137. The van der Waals surface area contributed by atoms with E-state index in [1.165, 1.54) is 18.2 Å². The highest BCUT2D eigenvalue weighted by atomic mass is 19.4. The van der Waals surface area contributed by atoms with Crippen molar-refractivity contribution in [2.75, 3.05) is 5.32 Å². The summed E-state index contributed by atoms with van der Waals surface area (Å²) in [5.74, 6) is -0.767. The van der Waals surface area contributed by atoms with E-state index in [-0.39, 0.29) is 22.6 Å². The number of anilines is 1. The summed E-state index contributed by atoms with van der Waals surface area (Å²) in [5.41, 5.74) is -0.383. The summed E-state index contributed by atoms with van der Waals surface area (Å²) >= 11 is 0. The molecule has 28 heavy (non-hydrogen) atoms. The van der Waals surface area contributed by atoms with E-state index in [9.17, 15) is 27.9 Å². The maximum atomic E-state index is 12.8. The van der Waals surface area contributed by atoms with Gasteiger partial charge >= 0.3 is 11.8 Å². The van der Waals surface area contributed by atoms with Crippen molar-refractivity contribution in [3.05, 3.63) is 69.1 Å². The van der Waals surface area contributed by atoms with Crippen molar-refractivity contribution in [3.63, 3.8) is 0 Å². The number of rotatable bonds is 3. The second-order valence-corrected chi connectivity index (χ2v) is 6.45. The smallest absolute Gasteiger partial charge is 0.416 e. The van der Waals surface area contributed by atoms with Crippen molar-refractivity contribution in [1.82, 2.24) is 0 Å². The fraction of sp³-hybridized carbons (Fsp3) is 0.200. The summed E-state index contributed by atoms with van der Waals surface area (Å²) < 4.78 is 43.6. The molecular formula is C20H16F3NO4. The van der Waals surface area contributed by atoms with E-state index in [4.69, 9.17) is 4.42 Å². The van der Waals surface area contributed by atoms with Gasteiger partial charge in [-0.15, -0.1) is 0 Å². The van der Waals surface area contributed by atoms with E-state index in [0.717, 1.165) is 12.1 Å². The molecule has 2 aromatic carbocycles. The highest BCUT2D eigenvalue weighted by Crippen LogP contribution is 2.31. The predicted molar refractivity (Wildman–Crippen MR) is 97.4 cm³/mol. The van der Waals surface area contributed by atoms with Crippen LogP contribution in [0.4, 0.5) is 18.9 Å². The van der Waals surface area contributed by atoms with Crippen LogP contribution in [0.25, 0.3) is 11.0 Å². The molecule has 2 N–H and O–H groups in total. The van der Waals surface area contributed by atoms with Crippen LogP contribution >= 0.6 is 0 Å². The molecule has 0 aliphatic carbocycles. The third kappa shape index (κ3) is 3.85. The molecule has 0 saturated carbocycles. The van der Waals surface area contributed by atoms with Crippen molar-refractivity contribution >= 4 is 22.6 Å². The number of fused-ring (bicyclic) bond motifs is 1. The molecule has 3 aromatic rings. The lowest BCUT2D eigenvalue weighted by atomic mass is 10.0. The number of alkyl halides is 3. The predicted octanol–water partition coefficient (Wildman–Crippen LogP) is 4.32. The van der Waals surface area contributed by atoms with Crippen LogP contribution in [-0.4, -0.2) is 11.0 Å². The topological polar surface area (TPSA) is 79.5 Å². The second-order valence-electron chi connectivity index (χ2n) is 6.45. The Morgan fingerprint density at radius 2 is 1.89 bits per heavy atom. The molecule has 0 radical (unpaired) electrons. The fourth-order valence-electron chi connectivity index (χ4n) is 3.00. The van der Waals surface area contributed by atoms with Gasteiger partial charge in [-0.1, -0.05) is 6.07 Å². The zero-order valence-corrected chi connectivity index (χ0v) is 15.0. The molecule has 146 valence electrons. The molecule has 1 aromatic heterocycles. The summed E-state index contributed by atoms with van der Waals surface area (Å²) in [6.07, 6.45) is -4.94. The van der Waals surface area contributed by atoms with Crippen LogP contribution in [0, 0.1) is 13.8 Å². The standard InChI is InChI=1S/C20H16F3NO4/c1-10-6-15(25)18-11(2)14(19(27)28-16(18)7-10)9-17(26)24-13-5-3-4-12(8-13)20(21,22)23/h3-8,25H,9H2,1-2H3,(H,24,26). The molecule has 1 amide bonds. The summed E-state index contributed by atoms with van der Waals surface area (Å²) in [4.78, 5) is 24.6. The van der Waals surface area contributed by atoms with Gasteiger partial charge in [-0.3, -0.25) is 4.79 Å². The number of phenols is 1. The largest absolute Gasteiger partial charge is 0.507 e. The van der Waals surface area contributed by atoms with Gasteiger partial charge in [0.2, 0.25) is 5.91 Å². The Morgan fingerprint density at radius 3 is 2.57 bits per heavy atom. The number of hydrogen-bond donors (Lipinski definition) is 2. The number of carbonyl (C=O) groups excluding carboxylic acids is 1. The molecule has 3 rings (SSSR count). The lowest BCUT2D eigenvalue weighted by Gasteiger charge is -2.11. The molecule has 0 spiro atoms. The highest BCUT2D eigenvalue weighted by molar-refractivity contribution is 5.94. The van der Waals surface area contributed by atoms with Crippen LogP contribution < -0.4 is 10.9 Å². The Hall–Kier alpha value is -3.29. The summed E-state index contributed by atoms with van der Waals surface area (Å²) in [6, 6.07) is 7.29. The van der Waals surface area contributed by atoms with Crippen molar-refractivity contribution in [2.45, 2.75) is 26.4 Å². The van der Waals surface area contributed by atoms with Crippen LogP contribution in [0.3, 0.4) is 0 Å². The van der Waals surface area contributed by atoms with E-state index in [1.807, 2.05) is 0 Å². The first-order valence-corrected chi connectivity index (χ1v) is 8.29. The van der Waals surface area contributed by atoms with E-state index in [2.05, 4.69) is 5.32 Å². The van der Waals surface area contributed by atoms with Gasteiger partial charge in [-0.25, -0.2) is 4.79 Å². The van der Waals surface area contributed by atoms with Gasteiger partial charge in [-0.05, 0) is 55.3 Å². The number of halogens is 3. The molecule has 0 unspecified atom stereocenters. The van der Waals surface area contributed by atoms with Crippen LogP contribution in [0.1, 0.15) is 22.3 Å². The zero-order chi connectivity index (χ0) is 20.6. The number of nitrogens with one attached hydrogen (secondary N) is 1. The van der Waals surface area contributed by atoms with Crippen molar-refractivity contribution in [1.29, 1.82) is 0 Å². The minimum Gasteiger partial charge on any atom is -0.507 e. The van der Waals surface area contributed by atoms with Crippen LogP contribution in [0.15, 0.2) is 45.6 Å². The minimum atomic E-state index is -4.54. The number of aromatic hydroxyl groups is 1. The summed E-state index contributed by atoms with van der Waals surface area (Å²) in [7, 11) is 0. The second kappa shape index (κ2) is 7.03. The fourth-order valence-corrected chi connectivity index (χ4v) is 3.00. The Bertz CT molecular complexity index is 1130. The quantitative estimate of drug-likeness (QED) is 0.652. The van der Waals surface area contributed by atoms with Crippen molar-refractivity contribution < 1.29 is 27.5 Å². The van der Waals surface area contributed by atoms with Gasteiger partial charge in [-0.2, -0.15) is 13.2 Å². The van der Waals surface area contributed by atoms with E-state index < -0.39 is 29.7 Å². The van der Waals surface area contributed by atoms with E-state index >= 15 is 0 Å². The lowest BCUT2D eigenvalue weighted by Crippen LogP contribution is -2.21. The molecule has 8 heteroatoms.